The molecule has 1 aromatic carbocycles. The number of methoxy groups -OCH3 is 1. The normalized spacial score (nSPS) is 18.5. The van der Waals surface area contributed by atoms with Gasteiger partial charge in [-0.3, -0.25) is 4.79 Å². The number of carbonyl (C=O) groups is 1. The summed E-state index contributed by atoms with van der Waals surface area (Å²) in [7, 11) is 1.55. The van der Waals surface area contributed by atoms with E-state index in [4.69, 9.17) is 4.74 Å². The minimum atomic E-state index is -0.389. The van der Waals surface area contributed by atoms with Crippen molar-refractivity contribution >= 4 is 5.91 Å². The van der Waals surface area contributed by atoms with Crippen LogP contribution in [-0.2, 0) is 9.53 Å². The number of nitrogens with one attached hydrogen (secondary N) is 1. The van der Waals surface area contributed by atoms with Gasteiger partial charge in [-0.2, -0.15) is 0 Å². The van der Waals surface area contributed by atoms with Crippen LogP contribution in [0.1, 0.15) is 31.4 Å². The molecule has 0 aromatic heterocycles. The molecule has 17 heavy (non-hydrogen) atoms. The van der Waals surface area contributed by atoms with Gasteiger partial charge in [-0.1, -0.05) is 30.3 Å². The summed E-state index contributed by atoms with van der Waals surface area (Å²) < 4.78 is 5.04. The number of ether oxygens (including phenoxy) is 1. The summed E-state index contributed by atoms with van der Waals surface area (Å²) in [6.45, 7) is 1.77. The third-order valence-electron chi connectivity index (χ3n) is 3.27. The molecule has 1 N–H and O–H groups in total. The molecule has 1 fully saturated rings. The van der Waals surface area contributed by atoms with Gasteiger partial charge in [0.05, 0.1) is 6.04 Å². The Kier molecular flexibility index (Phi) is 3.79. The fourth-order valence-electron chi connectivity index (χ4n) is 1.94. The van der Waals surface area contributed by atoms with Crippen molar-refractivity contribution in [3.05, 3.63) is 35.9 Å². The SMILES string of the molecule is COC(C)C(=O)NC(c1ccccc1)C1CC1. The largest absolute Gasteiger partial charge is 0.372 e. The molecule has 0 bridgehead atoms. The predicted octanol–water partition coefficient (Wildman–Crippen LogP) is 2.29. The second-order valence-electron chi connectivity index (χ2n) is 4.61. The lowest BCUT2D eigenvalue weighted by Crippen LogP contribution is -2.37. The molecule has 3 heteroatoms. The van der Waals surface area contributed by atoms with Crippen molar-refractivity contribution in [3.63, 3.8) is 0 Å². The number of carbonyl (C=O) groups excluding carboxylic acids is 1. The topological polar surface area (TPSA) is 38.3 Å². The van der Waals surface area contributed by atoms with Crippen LogP contribution < -0.4 is 5.32 Å². The van der Waals surface area contributed by atoms with E-state index in [1.54, 1.807) is 14.0 Å². The van der Waals surface area contributed by atoms with Gasteiger partial charge in [0.1, 0.15) is 6.10 Å². The zero-order valence-electron chi connectivity index (χ0n) is 10.3. The molecule has 0 aliphatic heterocycles. The van der Waals surface area contributed by atoms with E-state index >= 15 is 0 Å². The molecule has 0 spiro atoms. The molecule has 1 aromatic rings. The zero-order valence-corrected chi connectivity index (χ0v) is 10.3. The maximum absolute atomic E-state index is 11.9. The van der Waals surface area contributed by atoms with Crippen molar-refractivity contribution in [1.29, 1.82) is 0 Å². The number of hydrogen-bond donors (Lipinski definition) is 1. The van der Waals surface area contributed by atoms with E-state index in [1.807, 2.05) is 18.2 Å². The lowest BCUT2D eigenvalue weighted by Gasteiger charge is -2.20. The average molecular weight is 233 g/mol. The maximum atomic E-state index is 11.9. The minimum absolute atomic E-state index is 0.0340. The fourth-order valence-corrected chi connectivity index (χ4v) is 1.94. The van der Waals surface area contributed by atoms with Gasteiger partial charge >= 0.3 is 0 Å². The minimum Gasteiger partial charge on any atom is -0.372 e. The maximum Gasteiger partial charge on any atom is 0.249 e. The molecule has 92 valence electrons. The van der Waals surface area contributed by atoms with Gasteiger partial charge in [-0.15, -0.1) is 0 Å². The van der Waals surface area contributed by atoms with Crippen molar-refractivity contribution in [2.75, 3.05) is 7.11 Å². The molecule has 1 saturated carbocycles. The van der Waals surface area contributed by atoms with E-state index < -0.39 is 0 Å². The Hall–Kier alpha value is -1.35. The standard InChI is InChI=1S/C14H19NO2/c1-10(17-2)14(16)15-13(12-8-9-12)11-6-4-3-5-7-11/h3-7,10,12-13H,8-9H2,1-2H3,(H,15,16). The monoisotopic (exact) mass is 233 g/mol. The van der Waals surface area contributed by atoms with Crippen molar-refractivity contribution in [2.45, 2.75) is 31.9 Å². The van der Waals surface area contributed by atoms with E-state index in [9.17, 15) is 4.79 Å². The molecule has 2 atom stereocenters. The highest BCUT2D eigenvalue weighted by Gasteiger charge is 2.33. The van der Waals surface area contributed by atoms with E-state index in [0.29, 0.717) is 5.92 Å². The van der Waals surface area contributed by atoms with Gasteiger partial charge in [0.25, 0.3) is 0 Å². The summed E-state index contributed by atoms with van der Waals surface area (Å²) in [5.74, 6) is 0.554. The van der Waals surface area contributed by atoms with Gasteiger partial charge in [0.2, 0.25) is 5.91 Å². The highest BCUT2D eigenvalue weighted by molar-refractivity contribution is 5.80. The van der Waals surface area contributed by atoms with Crippen LogP contribution in [0, 0.1) is 5.92 Å². The van der Waals surface area contributed by atoms with Crippen LogP contribution in [0.5, 0.6) is 0 Å². The van der Waals surface area contributed by atoms with Crippen LogP contribution >= 0.6 is 0 Å². The van der Waals surface area contributed by atoms with E-state index in [2.05, 4.69) is 17.4 Å². The molecule has 0 heterocycles. The summed E-state index contributed by atoms with van der Waals surface area (Å²) in [5.41, 5.74) is 1.19. The summed E-state index contributed by atoms with van der Waals surface area (Å²) in [6.07, 6.45) is 2.00. The molecule has 1 aliphatic carbocycles. The molecule has 0 saturated heterocycles. The first-order valence-corrected chi connectivity index (χ1v) is 6.10. The smallest absolute Gasteiger partial charge is 0.249 e. The van der Waals surface area contributed by atoms with Gasteiger partial charge in [-0.05, 0) is 31.2 Å². The van der Waals surface area contributed by atoms with E-state index in [0.717, 1.165) is 0 Å². The Morgan fingerprint density at radius 1 is 1.35 bits per heavy atom. The Balaban J connectivity index is 2.06. The quantitative estimate of drug-likeness (QED) is 0.847. The average Bonchev–Trinajstić information content (AvgIpc) is 3.20. The first-order chi connectivity index (χ1) is 8.22. The lowest BCUT2D eigenvalue weighted by atomic mass is 10.0. The highest BCUT2D eigenvalue weighted by Crippen LogP contribution is 2.40. The molecule has 1 aliphatic rings. The Morgan fingerprint density at radius 2 is 2.00 bits per heavy atom. The Bertz CT molecular complexity index is 373. The first-order valence-electron chi connectivity index (χ1n) is 6.10. The molecule has 2 rings (SSSR count). The van der Waals surface area contributed by atoms with Crippen molar-refractivity contribution in [2.24, 2.45) is 5.92 Å². The van der Waals surface area contributed by atoms with Gasteiger partial charge in [0, 0.05) is 7.11 Å². The first kappa shape index (κ1) is 12.1. The number of amides is 1. The summed E-state index contributed by atoms with van der Waals surface area (Å²) in [5, 5.41) is 3.08. The third-order valence-corrected chi connectivity index (χ3v) is 3.27. The van der Waals surface area contributed by atoms with Crippen molar-refractivity contribution < 1.29 is 9.53 Å². The van der Waals surface area contributed by atoms with Crippen LogP contribution in [0.15, 0.2) is 30.3 Å². The summed E-state index contributed by atoms with van der Waals surface area (Å²) in [4.78, 5) is 11.9. The molecule has 0 radical (unpaired) electrons. The van der Waals surface area contributed by atoms with E-state index in [-0.39, 0.29) is 18.1 Å². The van der Waals surface area contributed by atoms with Crippen LogP contribution in [0.25, 0.3) is 0 Å². The van der Waals surface area contributed by atoms with Crippen LogP contribution in [-0.4, -0.2) is 19.1 Å². The third kappa shape index (κ3) is 3.07. The van der Waals surface area contributed by atoms with Gasteiger partial charge in [-0.25, -0.2) is 0 Å². The number of benzene rings is 1. The second-order valence-corrected chi connectivity index (χ2v) is 4.61. The molecular weight excluding hydrogens is 214 g/mol. The summed E-state index contributed by atoms with van der Waals surface area (Å²) in [6, 6.07) is 10.3. The second kappa shape index (κ2) is 5.32. The van der Waals surface area contributed by atoms with Gasteiger partial charge < -0.3 is 10.1 Å². The van der Waals surface area contributed by atoms with Crippen LogP contribution in [0.4, 0.5) is 0 Å². The summed E-state index contributed by atoms with van der Waals surface area (Å²) >= 11 is 0. The van der Waals surface area contributed by atoms with Gasteiger partial charge in [0.15, 0.2) is 0 Å². The number of rotatable bonds is 5. The van der Waals surface area contributed by atoms with Crippen LogP contribution in [0.3, 0.4) is 0 Å². The lowest BCUT2D eigenvalue weighted by molar-refractivity contribution is -0.131. The molecule has 2 unspecified atom stereocenters. The molecular formula is C14H19NO2. The predicted molar refractivity (Wildman–Crippen MR) is 66.5 cm³/mol. The van der Waals surface area contributed by atoms with E-state index in [1.165, 1.54) is 18.4 Å². The Morgan fingerprint density at radius 3 is 2.53 bits per heavy atom. The van der Waals surface area contributed by atoms with Crippen molar-refractivity contribution in [3.8, 4) is 0 Å². The highest BCUT2D eigenvalue weighted by atomic mass is 16.5. The Labute approximate surface area is 102 Å². The number of hydrogen-bond acceptors (Lipinski definition) is 2. The molecule has 1 amide bonds. The fraction of sp³-hybridized carbons (Fsp3) is 0.500. The molecule has 3 nitrogen and oxygen atoms in total. The zero-order chi connectivity index (χ0) is 12.3. The van der Waals surface area contributed by atoms with Crippen molar-refractivity contribution in [1.82, 2.24) is 5.32 Å². The van der Waals surface area contributed by atoms with Crippen LogP contribution in [0.2, 0.25) is 0 Å².